The summed E-state index contributed by atoms with van der Waals surface area (Å²) >= 11 is 0. The molecule has 2 aromatic rings. The second-order valence-corrected chi connectivity index (χ2v) is 5.96. The molecule has 2 atom stereocenters. The van der Waals surface area contributed by atoms with Crippen molar-refractivity contribution in [3.8, 4) is 0 Å². The minimum absolute atomic E-state index is 0.105. The average Bonchev–Trinajstić information content (AvgIpc) is 3.33. The number of nitrogens with zero attached hydrogens (tertiary/aromatic N) is 1. The van der Waals surface area contributed by atoms with Crippen LogP contribution < -0.4 is 4.90 Å². The summed E-state index contributed by atoms with van der Waals surface area (Å²) in [5.74, 6) is -1.04. The number of para-hydroxylation sites is 1. The van der Waals surface area contributed by atoms with Gasteiger partial charge in [0.1, 0.15) is 6.54 Å². The van der Waals surface area contributed by atoms with E-state index >= 15 is 0 Å². The van der Waals surface area contributed by atoms with Gasteiger partial charge in [-0.2, -0.15) is 0 Å². The van der Waals surface area contributed by atoms with Gasteiger partial charge in [-0.25, -0.2) is 0 Å². The summed E-state index contributed by atoms with van der Waals surface area (Å²) in [7, 11) is 0. The van der Waals surface area contributed by atoms with Crippen LogP contribution in [0.2, 0.25) is 0 Å². The highest BCUT2D eigenvalue weighted by Gasteiger charge is 2.46. The van der Waals surface area contributed by atoms with Crippen LogP contribution in [0, 0.1) is 12.8 Å². The van der Waals surface area contributed by atoms with Gasteiger partial charge in [0.15, 0.2) is 0 Å². The third-order valence-corrected chi connectivity index (χ3v) is 4.32. The van der Waals surface area contributed by atoms with E-state index in [1.807, 2.05) is 43.3 Å². The maximum absolute atomic E-state index is 12.8. The number of carboxylic acids is 1. The fourth-order valence-electron chi connectivity index (χ4n) is 3.05. The Balaban J connectivity index is 1.80. The van der Waals surface area contributed by atoms with Crippen LogP contribution in [0.5, 0.6) is 0 Å². The Kier molecular flexibility index (Phi) is 4.15. The molecule has 1 fully saturated rings. The predicted octanol–water partition coefficient (Wildman–Crippen LogP) is 3.22. The number of hydrogen-bond donors (Lipinski definition) is 1. The lowest BCUT2D eigenvalue weighted by Gasteiger charge is -2.21. The van der Waals surface area contributed by atoms with Crippen molar-refractivity contribution in [2.24, 2.45) is 5.92 Å². The second-order valence-electron chi connectivity index (χ2n) is 5.96. The summed E-state index contributed by atoms with van der Waals surface area (Å²) in [4.78, 5) is 25.3. The third-order valence-electron chi connectivity index (χ3n) is 4.32. The van der Waals surface area contributed by atoms with Crippen LogP contribution in [0.3, 0.4) is 0 Å². The highest BCUT2D eigenvalue weighted by Crippen LogP contribution is 2.49. The molecule has 0 aliphatic heterocycles. The predicted molar refractivity (Wildman–Crippen MR) is 88.5 cm³/mol. The Morgan fingerprint density at radius 2 is 1.74 bits per heavy atom. The molecule has 0 bridgehead atoms. The molecule has 4 nitrogen and oxygen atoms in total. The Labute approximate surface area is 135 Å². The van der Waals surface area contributed by atoms with Crippen LogP contribution in [-0.4, -0.2) is 23.5 Å². The first kappa shape index (κ1) is 15.3. The van der Waals surface area contributed by atoms with Gasteiger partial charge < -0.3 is 10.0 Å². The molecule has 1 aliphatic rings. The number of carbonyl (C=O) groups is 2. The molecule has 23 heavy (non-hydrogen) atoms. The summed E-state index contributed by atoms with van der Waals surface area (Å²) in [6, 6.07) is 17.1. The van der Waals surface area contributed by atoms with E-state index in [2.05, 4.69) is 6.07 Å². The zero-order valence-corrected chi connectivity index (χ0v) is 13.0. The molecule has 2 aromatic carbocycles. The molecule has 0 saturated heterocycles. The highest BCUT2D eigenvalue weighted by molar-refractivity contribution is 6.00. The van der Waals surface area contributed by atoms with Crippen molar-refractivity contribution in [2.45, 2.75) is 19.3 Å². The molecule has 3 rings (SSSR count). The SMILES string of the molecule is Cc1ccccc1C1CC1C(=O)N(CC(=O)O)c1ccccc1. The topological polar surface area (TPSA) is 57.6 Å². The Morgan fingerprint density at radius 1 is 1.09 bits per heavy atom. The van der Waals surface area contributed by atoms with Crippen LogP contribution in [0.1, 0.15) is 23.5 Å². The van der Waals surface area contributed by atoms with Crippen molar-refractivity contribution in [3.05, 3.63) is 65.7 Å². The lowest BCUT2D eigenvalue weighted by molar-refractivity contribution is -0.136. The zero-order chi connectivity index (χ0) is 16.4. The monoisotopic (exact) mass is 309 g/mol. The van der Waals surface area contributed by atoms with Gasteiger partial charge in [0.2, 0.25) is 5.91 Å². The molecule has 0 aromatic heterocycles. The quantitative estimate of drug-likeness (QED) is 0.922. The lowest BCUT2D eigenvalue weighted by atomic mass is 10.0. The highest BCUT2D eigenvalue weighted by atomic mass is 16.4. The number of amides is 1. The van der Waals surface area contributed by atoms with E-state index in [1.165, 1.54) is 16.0 Å². The van der Waals surface area contributed by atoms with E-state index in [0.29, 0.717) is 5.69 Å². The molecule has 2 unspecified atom stereocenters. The Bertz CT molecular complexity index is 726. The molecule has 1 aliphatic carbocycles. The van der Waals surface area contributed by atoms with Crippen molar-refractivity contribution in [1.82, 2.24) is 0 Å². The van der Waals surface area contributed by atoms with Gasteiger partial charge in [0.05, 0.1) is 0 Å². The van der Waals surface area contributed by atoms with E-state index in [-0.39, 0.29) is 24.3 Å². The van der Waals surface area contributed by atoms with Gasteiger partial charge in [0, 0.05) is 11.6 Å². The van der Waals surface area contributed by atoms with Gasteiger partial charge in [0.25, 0.3) is 0 Å². The van der Waals surface area contributed by atoms with E-state index in [1.54, 1.807) is 12.1 Å². The second kappa shape index (κ2) is 6.24. The van der Waals surface area contributed by atoms with E-state index < -0.39 is 5.97 Å². The number of carbonyl (C=O) groups excluding carboxylic acids is 1. The average molecular weight is 309 g/mol. The van der Waals surface area contributed by atoms with E-state index in [0.717, 1.165) is 6.42 Å². The maximum Gasteiger partial charge on any atom is 0.323 e. The summed E-state index contributed by atoms with van der Waals surface area (Å²) in [5, 5.41) is 9.13. The van der Waals surface area contributed by atoms with Gasteiger partial charge >= 0.3 is 5.97 Å². The van der Waals surface area contributed by atoms with E-state index in [4.69, 9.17) is 5.11 Å². The third kappa shape index (κ3) is 3.26. The molecular formula is C19H19NO3. The molecule has 118 valence electrons. The Hall–Kier alpha value is -2.62. The summed E-state index contributed by atoms with van der Waals surface area (Å²) < 4.78 is 0. The number of hydrogen-bond acceptors (Lipinski definition) is 2. The number of rotatable bonds is 5. The van der Waals surface area contributed by atoms with Crippen molar-refractivity contribution >= 4 is 17.6 Å². The minimum atomic E-state index is -1.00. The number of anilines is 1. The van der Waals surface area contributed by atoms with Crippen LogP contribution in [0.25, 0.3) is 0 Å². The number of benzene rings is 2. The zero-order valence-electron chi connectivity index (χ0n) is 13.0. The molecule has 0 spiro atoms. The van der Waals surface area contributed by atoms with Gasteiger partial charge in [-0.1, -0.05) is 42.5 Å². The lowest BCUT2D eigenvalue weighted by Crippen LogP contribution is -2.37. The molecular weight excluding hydrogens is 290 g/mol. The molecule has 1 saturated carbocycles. The fourth-order valence-corrected chi connectivity index (χ4v) is 3.05. The first-order chi connectivity index (χ1) is 11.1. The molecule has 0 heterocycles. The van der Waals surface area contributed by atoms with Crippen molar-refractivity contribution in [2.75, 3.05) is 11.4 Å². The van der Waals surface area contributed by atoms with Crippen LogP contribution in [0.4, 0.5) is 5.69 Å². The summed E-state index contributed by atoms with van der Waals surface area (Å²) in [6.45, 7) is 1.74. The fraction of sp³-hybridized carbons (Fsp3) is 0.263. The molecule has 4 heteroatoms. The van der Waals surface area contributed by atoms with Crippen molar-refractivity contribution in [3.63, 3.8) is 0 Å². The van der Waals surface area contributed by atoms with Crippen molar-refractivity contribution < 1.29 is 14.7 Å². The number of aliphatic carboxylic acids is 1. The first-order valence-corrected chi connectivity index (χ1v) is 7.71. The first-order valence-electron chi connectivity index (χ1n) is 7.71. The summed E-state index contributed by atoms with van der Waals surface area (Å²) in [6.07, 6.45) is 0.784. The summed E-state index contributed by atoms with van der Waals surface area (Å²) in [5.41, 5.74) is 3.00. The minimum Gasteiger partial charge on any atom is -0.480 e. The van der Waals surface area contributed by atoms with Gasteiger partial charge in [-0.15, -0.1) is 0 Å². The number of carboxylic acid groups (broad SMARTS) is 1. The molecule has 1 amide bonds. The van der Waals surface area contributed by atoms with Gasteiger partial charge in [-0.3, -0.25) is 9.59 Å². The Morgan fingerprint density at radius 3 is 2.39 bits per heavy atom. The normalized spacial score (nSPS) is 19.2. The van der Waals surface area contributed by atoms with Gasteiger partial charge in [-0.05, 0) is 42.5 Å². The van der Waals surface area contributed by atoms with Crippen LogP contribution in [-0.2, 0) is 9.59 Å². The largest absolute Gasteiger partial charge is 0.480 e. The van der Waals surface area contributed by atoms with E-state index in [9.17, 15) is 9.59 Å². The number of aryl methyl sites for hydroxylation is 1. The molecule has 0 radical (unpaired) electrons. The smallest absolute Gasteiger partial charge is 0.323 e. The van der Waals surface area contributed by atoms with Crippen LogP contribution >= 0.6 is 0 Å². The maximum atomic E-state index is 12.8. The molecule has 1 N–H and O–H groups in total. The standard InChI is InChI=1S/C19H19NO3/c1-13-7-5-6-10-15(13)16-11-17(16)19(23)20(12-18(21)22)14-8-3-2-4-9-14/h2-10,16-17H,11-12H2,1H3,(H,21,22). The van der Waals surface area contributed by atoms with Crippen molar-refractivity contribution in [1.29, 1.82) is 0 Å². The van der Waals surface area contributed by atoms with Crippen LogP contribution in [0.15, 0.2) is 54.6 Å².